The summed E-state index contributed by atoms with van der Waals surface area (Å²) in [6, 6.07) is 4.17. The van der Waals surface area contributed by atoms with Crippen LogP contribution in [0.2, 0.25) is 0 Å². The molecule has 0 spiro atoms. The number of ether oxygens (including phenoxy) is 1. The predicted molar refractivity (Wildman–Crippen MR) is 63.8 cm³/mol. The van der Waals surface area contributed by atoms with E-state index in [1.54, 1.807) is 26.8 Å². The Morgan fingerprint density at radius 3 is 2.17 bits per heavy atom. The van der Waals surface area contributed by atoms with E-state index < -0.39 is 17.2 Å². The van der Waals surface area contributed by atoms with Gasteiger partial charge in [-0.1, -0.05) is 26.8 Å². The van der Waals surface area contributed by atoms with Crippen molar-refractivity contribution in [1.82, 2.24) is 0 Å². The number of halogens is 3. The average molecular weight is 258 g/mol. The molecule has 2 rings (SSSR count). The van der Waals surface area contributed by atoms with Crippen LogP contribution < -0.4 is 4.74 Å². The summed E-state index contributed by atoms with van der Waals surface area (Å²) >= 11 is 0. The van der Waals surface area contributed by atoms with Crippen molar-refractivity contribution in [3.8, 4) is 5.75 Å². The monoisotopic (exact) mass is 258 g/mol. The van der Waals surface area contributed by atoms with Crippen LogP contribution in [0, 0.1) is 0 Å². The second kappa shape index (κ2) is 4.18. The van der Waals surface area contributed by atoms with Crippen LogP contribution in [-0.2, 0) is 11.6 Å². The lowest BCUT2D eigenvalue weighted by Gasteiger charge is -2.27. The van der Waals surface area contributed by atoms with Crippen LogP contribution in [0.15, 0.2) is 18.2 Å². The molecule has 0 heterocycles. The van der Waals surface area contributed by atoms with Gasteiger partial charge in [-0.3, -0.25) is 0 Å². The van der Waals surface area contributed by atoms with Gasteiger partial charge in [-0.2, -0.15) is 13.2 Å². The highest BCUT2D eigenvalue weighted by atomic mass is 19.4. The number of benzene rings is 1. The highest BCUT2D eigenvalue weighted by molar-refractivity contribution is 5.46. The molecule has 18 heavy (non-hydrogen) atoms. The van der Waals surface area contributed by atoms with Crippen LogP contribution in [0.1, 0.15) is 44.7 Å². The second-order valence-corrected chi connectivity index (χ2v) is 5.74. The lowest BCUT2D eigenvalue weighted by atomic mass is 9.82. The van der Waals surface area contributed by atoms with Crippen molar-refractivity contribution in [2.24, 2.45) is 0 Å². The molecular formula is C14H17F3O. The maximum absolute atomic E-state index is 13.1. The molecule has 0 amide bonds. The summed E-state index contributed by atoms with van der Waals surface area (Å²) in [5, 5.41) is 0. The van der Waals surface area contributed by atoms with Gasteiger partial charge in [0.2, 0.25) is 0 Å². The number of hydrogen-bond donors (Lipinski definition) is 0. The standard InChI is InChI=1S/C14H17F3O/c1-13(2,3)12-10(14(15,16)17)5-4-6-11(12)18-9-7-8-9/h4-6,9H,7-8H2,1-3H3. The predicted octanol–water partition coefficient (Wildman–Crippen LogP) is 4.54. The van der Waals surface area contributed by atoms with Gasteiger partial charge in [-0.15, -0.1) is 0 Å². The van der Waals surface area contributed by atoms with Crippen molar-refractivity contribution in [1.29, 1.82) is 0 Å². The van der Waals surface area contributed by atoms with E-state index in [1.807, 2.05) is 0 Å². The normalized spacial score (nSPS) is 16.8. The zero-order valence-electron chi connectivity index (χ0n) is 10.8. The molecule has 1 aliphatic carbocycles. The summed E-state index contributed by atoms with van der Waals surface area (Å²) in [7, 11) is 0. The largest absolute Gasteiger partial charge is 0.490 e. The molecule has 100 valence electrons. The Labute approximate surface area is 105 Å². The molecule has 0 atom stereocenters. The molecule has 4 heteroatoms. The molecule has 1 nitrogen and oxygen atoms in total. The van der Waals surface area contributed by atoms with E-state index >= 15 is 0 Å². The molecule has 0 saturated heterocycles. The Hall–Kier alpha value is -1.19. The van der Waals surface area contributed by atoms with Gasteiger partial charge in [0.15, 0.2) is 0 Å². The van der Waals surface area contributed by atoms with Gasteiger partial charge in [0.1, 0.15) is 5.75 Å². The van der Waals surface area contributed by atoms with Gasteiger partial charge in [0, 0.05) is 5.56 Å². The summed E-state index contributed by atoms with van der Waals surface area (Å²) < 4.78 is 44.8. The van der Waals surface area contributed by atoms with Gasteiger partial charge < -0.3 is 4.74 Å². The van der Waals surface area contributed by atoms with Crippen LogP contribution in [0.3, 0.4) is 0 Å². The summed E-state index contributed by atoms with van der Waals surface area (Å²) in [5.74, 6) is 0.375. The molecule has 0 aromatic heterocycles. The van der Waals surface area contributed by atoms with Crippen molar-refractivity contribution in [3.05, 3.63) is 29.3 Å². The molecule has 1 aromatic carbocycles. The smallest absolute Gasteiger partial charge is 0.416 e. The second-order valence-electron chi connectivity index (χ2n) is 5.74. The first-order valence-electron chi connectivity index (χ1n) is 6.07. The quantitative estimate of drug-likeness (QED) is 0.756. The maximum atomic E-state index is 13.1. The van der Waals surface area contributed by atoms with Gasteiger partial charge >= 0.3 is 6.18 Å². The Bertz CT molecular complexity index is 439. The third kappa shape index (κ3) is 2.79. The Morgan fingerprint density at radius 1 is 1.11 bits per heavy atom. The molecule has 1 aromatic rings. The Balaban J connectivity index is 2.52. The minimum atomic E-state index is -4.34. The van der Waals surface area contributed by atoms with E-state index in [1.165, 1.54) is 6.07 Å². The zero-order valence-corrected chi connectivity index (χ0v) is 10.8. The minimum absolute atomic E-state index is 0.0922. The topological polar surface area (TPSA) is 9.23 Å². The fraction of sp³-hybridized carbons (Fsp3) is 0.571. The third-order valence-electron chi connectivity index (χ3n) is 2.90. The molecule has 0 bridgehead atoms. The lowest BCUT2D eigenvalue weighted by molar-refractivity contribution is -0.138. The highest BCUT2D eigenvalue weighted by Gasteiger charge is 2.39. The number of rotatable bonds is 2. The van der Waals surface area contributed by atoms with E-state index in [2.05, 4.69) is 0 Å². The maximum Gasteiger partial charge on any atom is 0.416 e. The fourth-order valence-corrected chi connectivity index (χ4v) is 2.00. The van der Waals surface area contributed by atoms with Gasteiger partial charge in [0.25, 0.3) is 0 Å². The molecule has 0 aliphatic heterocycles. The van der Waals surface area contributed by atoms with Crippen LogP contribution in [0.4, 0.5) is 13.2 Å². The van der Waals surface area contributed by atoms with Crippen LogP contribution in [0.25, 0.3) is 0 Å². The van der Waals surface area contributed by atoms with Crippen molar-refractivity contribution in [2.75, 3.05) is 0 Å². The summed E-state index contributed by atoms with van der Waals surface area (Å²) in [5.41, 5.74) is -0.936. The van der Waals surface area contributed by atoms with Gasteiger partial charge in [-0.05, 0) is 30.4 Å². The SMILES string of the molecule is CC(C)(C)c1c(OC2CC2)cccc1C(F)(F)F. The molecular weight excluding hydrogens is 241 g/mol. The number of alkyl halides is 3. The van der Waals surface area contributed by atoms with Crippen molar-refractivity contribution in [2.45, 2.75) is 51.3 Å². The molecule has 1 aliphatic rings. The van der Waals surface area contributed by atoms with E-state index in [-0.39, 0.29) is 11.7 Å². The number of hydrogen-bond acceptors (Lipinski definition) is 1. The fourth-order valence-electron chi connectivity index (χ4n) is 2.00. The molecule has 1 saturated carbocycles. The first kappa shape index (κ1) is 13.2. The van der Waals surface area contributed by atoms with Crippen LogP contribution >= 0.6 is 0 Å². The highest BCUT2D eigenvalue weighted by Crippen LogP contribution is 2.43. The Morgan fingerprint density at radius 2 is 1.72 bits per heavy atom. The van der Waals surface area contributed by atoms with E-state index in [4.69, 9.17) is 4.74 Å². The summed E-state index contributed by atoms with van der Waals surface area (Å²) in [6.45, 7) is 5.33. The Kier molecular flexibility index (Phi) is 3.07. The molecule has 0 N–H and O–H groups in total. The first-order valence-corrected chi connectivity index (χ1v) is 6.07. The third-order valence-corrected chi connectivity index (χ3v) is 2.90. The van der Waals surface area contributed by atoms with Crippen molar-refractivity contribution in [3.63, 3.8) is 0 Å². The minimum Gasteiger partial charge on any atom is -0.490 e. The first-order chi connectivity index (χ1) is 8.19. The zero-order chi connectivity index (χ0) is 13.6. The lowest BCUT2D eigenvalue weighted by Crippen LogP contribution is -2.21. The van der Waals surface area contributed by atoms with E-state index in [0.29, 0.717) is 5.75 Å². The van der Waals surface area contributed by atoms with Crippen molar-refractivity contribution < 1.29 is 17.9 Å². The van der Waals surface area contributed by atoms with E-state index in [0.717, 1.165) is 18.9 Å². The summed E-state index contributed by atoms with van der Waals surface area (Å²) in [4.78, 5) is 0. The summed E-state index contributed by atoms with van der Waals surface area (Å²) in [6.07, 6.45) is -2.39. The molecule has 1 fully saturated rings. The van der Waals surface area contributed by atoms with Gasteiger partial charge in [0.05, 0.1) is 11.7 Å². The van der Waals surface area contributed by atoms with Gasteiger partial charge in [-0.25, -0.2) is 0 Å². The molecule has 0 radical (unpaired) electrons. The van der Waals surface area contributed by atoms with E-state index in [9.17, 15) is 13.2 Å². The molecule has 0 unspecified atom stereocenters. The van der Waals surface area contributed by atoms with Crippen molar-refractivity contribution >= 4 is 0 Å². The average Bonchev–Trinajstić information content (AvgIpc) is 2.98. The van der Waals surface area contributed by atoms with Crippen LogP contribution in [0.5, 0.6) is 5.75 Å². The van der Waals surface area contributed by atoms with Crippen LogP contribution in [-0.4, -0.2) is 6.10 Å².